The summed E-state index contributed by atoms with van der Waals surface area (Å²) >= 11 is 0. The topological polar surface area (TPSA) is 93.5 Å². The molecular weight excluding hydrogens is 380 g/mol. The summed E-state index contributed by atoms with van der Waals surface area (Å²) in [5, 5.41) is 2.82. The molecule has 0 saturated carbocycles. The van der Waals surface area contributed by atoms with Gasteiger partial charge in [0.2, 0.25) is 10.0 Å². The highest BCUT2D eigenvalue weighted by Crippen LogP contribution is 2.22. The van der Waals surface area contributed by atoms with E-state index in [9.17, 15) is 13.2 Å². The Hall–Kier alpha value is -2.23. The van der Waals surface area contributed by atoms with Gasteiger partial charge in [0.05, 0.1) is 17.1 Å². The highest BCUT2D eigenvalue weighted by atomic mass is 32.2. The van der Waals surface area contributed by atoms with Gasteiger partial charge >= 0.3 is 0 Å². The van der Waals surface area contributed by atoms with Crippen LogP contribution in [0.5, 0.6) is 0 Å². The number of nitrogens with one attached hydrogen (secondary N) is 1. The molecule has 1 N–H and O–H groups in total. The van der Waals surface area contributed by atoms with Crippen LogP contribution in [0.3, 0.4) is 0 Å². The van der Waals surface area contributed by atoms with E-state index in [2.05, 4.69) is 10.3 Å². The molecule has 0 bridgehead atoms. The van der Waals surface area contributed by atoms with E-state index in [0.717, 1.165) is 5.82 Å². The second kappa shape index (κ2) is 8.42. The second-order valence-corrected chi connectivity index (χ2v) is 9.01. The van der Waals surface area contributed by atoms with E-state index in [1.165, 1.54) is 16.4 Å². The third-order valence-corrected chi connectivity index (χ3v) is 6.50. The van der Waals surface area contributed by atoms with Gasteiger partial charge < -0.3 is 14.6 Å². The van der Waals surface area contributed by atoms with Gasteiger partial charge in [-0.3, -0.25) is 4.79 Å². The fourth-order valence-electron chi connectivity index (χ4n) is 3.30. The van der Waals surface area contributed by atoms with Crippen molar-refractivity contribution in [1.29, 1.82) is 0 Å². The molecule has 2 aromatic rings. The van der Waals surface area contributed by atoms with Crippen LogP contribution < -0.4 is 5.32 Å². The van der Waals surface area contributed by atoms with Crippen LogP contribution in [0.4, 0.5) is 0 Å². The maximum Gasteiger partial charge on any atom is 0.251 e. The van der Waals surface area contributed by atoms with Crippen LogP contribution in [0.25, 0.3) is 0 Å². The Morgan fingerprint density at radius 3 is 2.64 bits per heavy atom. The molecule has 8 nitrogen and oxygen atoms in total. The molecule has 2 atom stereocenters. The van der Waals surface area contributed by atoms with Crippen LogP contribution in [0.15, 0.2) is 41.6 Å². The van der Waals surface area contributed by atoms with E-state index >= 15 is 0 Å². The van der Waals surface area contributed by atoms with E-state index < -0.39 is 10.0 Å². The first-order valence-corrected chi connectivity index (χ1v) is 10.7. The van der Waals surface area contributed by atoms with Gasteiger partial charge in [0.15, 0.2) is 0 Å². The van der Waals surface area contributed by atoms with Crippen molar-refractivity contribution in [3.8, 4) is 0 Å². The maximum absolute atomic E-state index is 13.0. The predicted molar refractivity (Wildman–Crippen MR) is 104 cm³/mol. The number of morpholine rings is 1. The van der Waals surface area contributed by atoms with Crippen LogP contribution in [-0.2, 0) is 28.2 Å². The molecule has 1 aliphatic rings. The van der Waals surface area contributed by atoms with Gasteiger partial charge in [-0.25, -0.2) is 13.4 Å². The Labute approximate surface area is 165 Å². The molecule has 1 saturated heterocycles. The monoisotopic (exact) mass is 406 g/mol. The third kappa shape index (κ3) is 4.60. The number of aromatic nitrogens is 2. The van der Waals surface area contributed by atoms with E-state index in [1.54, 1.807) is 18.3 Å². The van der Waals surface area contributed by atoms with Crippen LogP contribution in [0.1, 0.15) is 30.0 Å². The molecule has 1 fully saturated rings. The van der Waals surface area contributed by atoms with Crippen molar-refractivity contribution in [3.63, 3.8) is 0 Å². The lowest BCUT2D eigenvalue weighted by Crippen LogP contribution is -2.48. The van der Waals surface area contributed by atoms with Crippen molar-refractivity contribution >= 4 is 15.9 Å². The van der Waals surface area contributed by atoms with Crippen molar-refractivity contribution in [2.75, 3.05) is 19.6 Å². The number of carbonyl (C=O) groups is 1. The molecule has 0 aliphatic carbocycles. The van der Waals surface area contributed by atoms with Gasteiger partial charge in [-0.2, -0.15) is 4.31 Å². The summed E-state index contributed by atoms with van der Waals surface area (Å²) in [6.45, 7) is 4.71. The highest BCUT2D eigenvalue weighted by Gasteiger charge is 2.32. The fourth-order valence-corrected chi connectivity index (χ4v) is 4.94. The zero-order chi connectivity index (χ0) is 20.3. The minimum absolute atomic E-state index is 0.116. The average Bonchev–Trinajstić information content (AvgIpc) is 3.06. The predicted octanol–water partition coefficient (Wildman–Crippen LogP) is 1.19. The number of rotatable bonds is 6. The first-order chi connectivity index (χ1) is 13.3. The summed E-state index contributed by atoms with van der Waals surface area (Å²) in [6, 6.07) is 6.15. The quantitative estimate of drug-likeness (QED) is 0.778. The van der Waals surface area contributed by atoms with Crippen LogP contribution in [-0.4, -0.2) is 60.0 Å². The Morgan fingerprint density at radius 1 is 1.29 bits per heavy atom. The van der Waals surface area contributed by atoms with Crippen molar-refractivity contribution in [3.05, 3.63) is 48.0 Å². The third-order valence-electron chi connectivity index (χ3n) is 4.68. The standard InChI is InChI=1S/C19H26N4O4S/c1-14-12-23(13-15(2)27-14)28(25,26)17-6-4-5-16(11-17)19(24)21-8-7-18-20-9-10-22(18)3/h4-6,9-11,14-15H,7-8,12-13H2,1-3H3,(H,21,24). The number of sulfonamides is 1. The molecular formula is C19H26N4O4S. The van der Waals surface area contributed by atoms with Crippen molar-refractivity contribution in [2.45, 2.75) is 37.4 Å². The van der Waals surface area contributed by atoms with E-state index in [4.69, 9.17) is 4.74 Å². The summed E-state index contributed by atoms with van der Waals surface area (Å²) in [5.74, 6) is 0.558. The maximum atomic E-state index is 13.0. The van der Waals surface area contributed by atoms with Crippen LogP contribution in [0.2, 0.25) is 0 Å². The zero-order valence-corrected chi connectivity index (χ0v) is 17.1. The average molecular weight is 407 g/mol. The van der Waals surface area contributed by atoms with E-state index in [1.807, 2.05) is 31.7 Å². The molecule has 1 aromatic carbocycles. The summed E-state index contributed by atoms with van der Waals surface area (Å²) in [6.07, 6.45) is 3.81. The Kier molecular flexibility index (Phi) is 6.17. The minimum atomic E-state index is -3.69. The number of aryl methyl sites for hydroxylation is 1. The van der Waals surface area contributed by atoms with Gasteiger partial charge in [-0.1, -0.05) is 6.07 Å². The second-order valence-electron chi connectivity index (χ2n) is 7.07. The number of nitrogens with zero attached hydrogens (tertiary/aromatic N) is 3. The molecule has 1 amide bonds. The SMILES string of the molecule is CC1CN(S(=O)(=O)c2cccc(C(=O)NCCc3nccn3C)c2)CC(C)O1. The summed E-state index contributed by atoms with van der Waals surface area (Å²) in [4.78, 5) is 16.8. The van der Waals surface area contributed by atoms with Gasteiger partial charge in [0.25, 0.3) is 5.91 Å². The van der Waals surface area contributed by atoms with Crippen molar-refractivity contribution < 1.29 is 17.9 Å². The first kappa shape index (κ1) is 20.5. The van der Waals surface area contributed by atoms with Gasteiger partial charge in [-0.15, -0.1) is 0 Å². The normalized spacial score (nSPS) is 20.8. The van der Waals surface area contributed by atoms with Gasteiger partial charge in [0.1, 0.15) is 5.82 Å². The summed E-state index contributed by atoms with van der Waals surface area (Å²) in [5.41, 5.74) is 0.315. The molecule has 1 aromatic heterocycles. The molecule has 28 heavy (non-hydrogen) atoms. The van der Waals surface area contributed by atoms with Crippen molar-refractivity contribution in [1.82, 2.24) is 19.2 Å². The van der Waals surface area contributed by atoms with Crippen molar-refractivity contribution in [2.24, 2.45) is 7.05 Å². The van der Waals surface area contributed by atoms with Gasteiger partial charge in [-0.05, 0) is 32.0 Å². The summed E-state index contributed by atoms with van der Waals surface area (Å²) in [7, 11) is -1.79. The number of ether oxygens (including phenoxy) is 1. The van der Waals surface area contributed by atoms with E-state index in [-0.39, 0.29) is 23.0 Å². The van der Waals surface area contributed by atoms with Crippen LogP contribution >= 0.6 is 0 Å². The molecule has 1 aliphatic heterocycles. The Morgan fingerprint density at radius 2 is 2.00 bits per heavy atom. The lowest BCUT2D eigenvalue weighted by atomic mass is 10.2. The Balaban J connectivity index is 1.68. The highest BCUT2D eigenvalue weighted by molar-refractivity contribution is 7.89. The first-order valence-electron chi connectivity index (χ1n) is 9.27. The van der Waals surface area contributed by atoms with Gasteiger partial charge in [0, 0.05) is 51.1 Å². The molecule has 0 radical (unpaired) electrons. The number of hydrogen-bond acceptors (Lipinski definition) is 5. The number of benzene rings is 1. The molecule has 2 unspecified atom stereocenters. The van der Waals surface area contributed by atoms with Crippen LogP contribution in [0, 0.1) is 0 Å². The largest absolute Gasteiger partial charge is 0.373 e. The molecule has 2 heterocycles. The minimum Gasteiger partial charge on any atom is -0.373 e. The molecule has 9 heteroatoms. The lowest BCUT2D eigenvalue weighted by Gasteiger charge is -2.34. The number of carbonyl (C=O) groups excluding carboxylic acids is 1. The number of imidazole rings is 1. The molecule has 3 rings (SSSR count). The smallest absolute Gasteiger partial charge is 0.251 e. The lowest BCUT2D eigenvalue weighted by molar-refractivity contribution is -0.0440. The zero-order valence-electron chi connectivity index (χ0n) is 16.3. The summed E-state index contributed by atoms with van der Waals surface area (Å²) < 4.78 is 34.9. The molecule has 0 spiro atoms. The fraction of sp³-hybridized carbons (Fsp3) is 0.474. The molecule has 152 valence electrons. The number of hydrogen-bond donors (Lipinski definition) is 1. The van der Waals surface area contributed by atoms with E-state index in [0.29, 0.717) is 31.6 Å². The Bertz CT molecular complexity index is 931. The number of amides is 1.